The summed E-state index contributed by atoms with van der Waals surface area (Å²) in [5, 5.41) is 29.7. The zero-order valence-corrected chi connectivity index (χ0v) is 22.3. The lowest BCUT2D eigenvalue weighted by molar-refractivity contribution is -0.281. The third kappa shape index (κ3) is 25.7. The predicted octanol–water partition coefficient (Wildman–Crippen LogP) is 5.15. The summed E-state index contributed by atoms with van der Waals surface area (Å²) in [6, 6.07) is 0. The van der Waals surface area contributed by atoms with Gasteiger partial charge in [-0.1, -0.05) is 96.8 Å². The Labute approximate surface area is 212 Å². The molecule has 35 heavy (non-hydrogen) atoms. The van der Waals surface area contributed by atoms with Crippen molar-refractivity contribution in [3.05, 3.63) is 0 Å². The smallest absolute Gasteiger partial charge is 0.339 e. The summed E-state index contributed by atoms with van der Waals surface area (Å²) in [5.41, 5.74) is 0. The lowest BCUT2D eigenvalue weighted by Crippen LogP contribution is -2.25. The maximum Gasteiger partial charge on any atom is 0.339 e. The van der Waals surface area contributed by atoms with Crippen LogP contribution in [0.5, 0.6) is 0 Å². The fourth-order valence-electron chi connectivity index (χ4n) is 3.91. The molecule has 0 saturated carbocycles. The van der Waals surface area contributed by atoms with Gasteiger partial charge in [-0.05, 0) is 19.3 Å². The topological polar surface area (TPSA) is 123 Å². The van der Waals surface area contributed by atoms with Crippen molar-refractivity contribution in [3.63, 3.8) is 0 Å². The summed E-state index contributed by atoms with van der Waals surface area (Å²) in [7, 11) is 0. The van der Waals surface area contributed by atoms with E-state index in [1.807, 2.05) is 0 Å². The maximum atomic E-state index is 11.7. The van der Waals surface area contributed by atoms with Crippen LogP contribution in [0.2, 0.25) is 0 Å². The Bertz CT molecular complexity index is 500. The first-order chi connectivity index (χ1) is 16.8. The molecule has 0 aliphatic heterocycles. The van der Waals surface area contributed by atoms with E-state index in [1.54, 1.807) is 0 Å². The van der Waals surface area contributed by atoms with Gasteiger partial charge in [0, 0.05) is 6.92 Å². The van der Waals surface area contributed by atoms with Gasteiger partial charge in [0.1, 0.15) is 19.3 Å². The monoisotopic (exact) mass is 504 g/mol. The third-order valence-corrected chi connectivity index (χ3v) is 5.99. The number of carbonyl (C=O) groups is 2. The Balaban J connectivity index is 3.50. The summed E-state index contributed by atoms with van der Waals surface area (Å²) in [4.78, 5) is 30.9. The number of unbranched alkanes of at least 4 members (excludes halogenated alkanes) is 12. The molecule has 208 valence electrons. The largest absolute Gasteiger partial charge is 0.463 e. The summed E-state index contributed by atoms with van der Waals surface area (Å²) in [5.74, 6) is -1.26. The Hall–Kier alpha value is -1.22. The Morgan fingerprint density at radius 3 is 1.60 bits per heavy atom. The number of aliphatic hydroxyl groups excluding tert-OH is 3. The molecule has 8 nitrogen and oxygen atoms in total. The first kappa shape index (κ1) is 33.8. The van der Waals surface area contributed by atoms with Crippen molar-refractivity contribution >= 4 is 11.9 Å². The van der Waals surface area contributed by atoms with Gasteiger partial charge in [-0.2, -0.15) is 4.89 Å². The molecule has 0 aliphatic carbocycles. The van der Waals surface area contributed by atoms with Crippen LogP contribution in [-0.2, 0) is 24.1 Å². The Morgan fingerprint density at radius 2 is 1.09 bits per heavy atom. The van der Waals surface area contributed by atoms with E-state index in [9.17, 15) is 24.9 Å². The molecule has 0 radical (unpaired) electrons. The fourth-order valence-corrected chi connectivity index (χ4v) is 3.91. The minimum Gasteiger partial charge on any atom is -0.463 e. The van der Waals surface area contributed by atoms with Crippen molar-refractivity contribution in [2.24, 2.45) is 0 Å². The molecule has 0 bridgehead atoms. The summed E-state index contributed by atoms with van der Waals surface area (Å²) in [6.45, 7) is 2.80. The SMILES string of the molecule is CCCCCCCCCCCCCCC(O)CCCCC(O)CC(=O)OCC(O)COOC(C)=O. The fraction of sp³-hybridized carbons (Fsp3) is 0.926. The second kappa shape index (κ2) is 24.5. The van der Waals surface area contributed by atoms with Crippen LogP contribution in [0.3, 0.4) is 0 Å². The van der Waals surface area contributed by atoms with Gasteiger partial charge in [-0.15, -0.1) is 0 Å². The zero-order chi connectivity index (χ0) is 26.2. The third-order valence-electron chi connectivity index (χ3n) is 5.99. The quantitative estimate of drug-likeness (QED) is 0.0675. The maximum absolute atomic E-state index is 11.7. The second-order valence-electron chi connectivity index (χ2n) is 9.67. The van der Waals surface area contributed by atoms with Crippen LogP contribution in [0.15, 0.2) is 0 Å². The molecule has 0 aliphatic rings. The van der Waals surface area contributed by atoms with Crippen molar-refractivity contribution in [1.29, 1.82) is 0 Å². The number of hydrogen-bond acceptors (Lipinski definition) is 8. The molecule has 0 rings (SSSR count). The molecule has 0 amide bonds. The standard InChI is InChI=1S/C27H52O8/c1-3-4-5-6-7-8-9-10-11-12-13-14-17-24(29)18-15-16-19-25(30)20-27(32)33-21-26(31)22-34-35-23(2)28/h24-26,29-31H,3-22H2,1-2H3. The summed E-state index contributed by atoms with van der Waals surface area (Å²) < 4.78 is 4.88. The van der Waals surface area contributed by atoms with E-state index in [2.05, 4.69) is 16.7 Å². The average molecular weight is 505 g/mol. The normalized spacial score (nSPS) is 13.9. The van der Waals surface area contributed by atoms with Crippen LogP contribution in [-0.4, -0.2) is 58.8 Å². The van der Waals surface area contributed by atoms with Crippen molar-refractivity contribution < 1.29 is 39.4 Å². The molecule has 0 fully saturated rings. The number of ether oxygens (including phenoxy) is 1. The number of rotatable bonds is 25. The van der Waals surface area contributed by atoms with Crippen LogP contribution in [0.25, 0.3) is 0 Å². The van der Waals surface area contributed by atoms with Crippen LogP contribution >= 0.6 is 0 Å². The molecule has 0 aromatic carbocycles. The van der Waals surface area contributed by atoms with E-state index in [1.165, 1.54) is 70.6 Å². The molecule has 3 N–H and O–H groups in total. The van der Waals surface area contributed by atoms with Crippen LogP contribution in [0.4, 0.5) is 0 Å². The van der Waals surface area contributed by atoms with Gasteiger partial charge in [0.15, 0.2) is 0 Å². The summed E-state index contributed by atoms with van der Waals surface area (Å²) in [6.07, 6.45) is 16.8. The highest BCUT2D eigenvalue weighted by atomic mass is 17.2. The van der Waals surface area contributed by atoms with E-state index in [0.29, 0.717) is 12.8 Å². The van der Waals surface area contributed by atoms with Gasteiger partial charge in [-0.25, -0.2) is 4.79 Å². The molecule has 3 unspecified atom stereocenters. The number of aliphatic hydroxyl groups is 3. The molecule has 3 atom stereocenters. The Morgan fingerprint density at radius 1 is 0.629 bits per heavy atom. The van der Waals surface area contributed by atoms with Crippen LogP contribution in [0.1, 0.15) is 129 Å². The second-order valence-corrected chi connectivity index (χ2v) is 9.67. The minimum atomic E-state index is -1.12. The van der Waals surface area contributed by atoms with Crippen molar-refractivity contribution in [3.8, 4) is 0 Å². The molecule has 8 heteroatoms. The predicted molar refractivity (Wildman–Crippen MR) is 135 cm³/mol. The van der Waals surface area contributed by atoms with E-state index >= 15 is 0 Å². The minimum absolute atomic E-state index is 0.154. The van der Waals surface area contributed by atoms with Crippen molar-refractivity contribution in [2.75, 3.05) is 13.2 Å². The highest BCUT2D eigenvalue weighted by Crippen LogP contribution is 2.15. The van der Waals surface area contributed by atoms with Gasteiger partial charge in [0.25, 0.3) is 0 Å². The first-order valence-electron chi connectivity index (χ1n) is 13.8. The number of carbonyl (C=O) groups excluding carboxylic acids is 2. The van der Waals surface area contributed by atoms with E-state index in [-0.39, 0.29) is 25.7 Å². The lowest BCUT2D eigenvalue weighted by Gasteiger charge is -2.14. The molecule has 0 heterocycles. The average Bonchev–Trinajstić information content (AvgIpc) is 2.81. The zero-order valence-electron chi connectivity index (χ0n) is 22.3. The summed E-state index contributed by atoms with van der Waals surface area (Å²) >= 11 is 0. The first-order valence-corrected chi connectivity index (χ1v) is 13.8. The van der Waals surface area contributed by atoms with E-state index < -0.39 is 24.1 Å². The molecular weight excluding hydrogens is 452 g/mol. The van der Waals surface area contributed by atoms with Gasteiger partial charge in [0.05, 0.1) is 18.6 Å². The number of hydrogen-bond donors (Lipinski definition) is 3. The van der Waals surface area contributed by atoms with Gasteiger partial charge < -0.3 is 20.1 Å². The van der Waals surface area contributed by atoms with E-state index in [4.69, 9.17) is 4.74 Å². The van der Waals surface area contributed by atoms with Crippen molar-refractivity contribution in [1.82, 2.24) is 0 Å². The van der Waals surface area contributed by atoms with Crippen LogP contribution in [0, 0.1) is 0 Å². The molecular formula is C27H52O8. The molecule has 0 saturated heterocycles. The molecule has 0 aromatic heterocycles. The molecule has 0 aromatic rings. The molecule has 0 spiro atoms. The van der Waals surface area contributed by atoms with Gasteiger partial charge in [0.2, 0.25) is 0 Å². The van der Waals surface area contributed by atoms with Crippen LogP contribution < -0.4 is 0 Å². The number of esters is 1. The van der Waals surface area contributed by atoms with E-state index in [0.717, 1.165) is 32.6 Å². The Kier molecular flexibility index (Phi) is 23.6. The van der Waals surface area contributed by atoms with Gasteiger partial charge >= 0.3 is 11.9 Å². The highest BCUT2D eigenvalue weighted by molar-refractivity contribution is 5.69. The highest BCUT2D eigenvalue weighted by Gasteiger charge is 2.15. The van der Waals surface area contributed by atoms with Crippen molar-refractivity contribution in [2.45, 2.75) is 148 Å². The lowest BCUT2D eigenvalue weighted by atomic mass is 10.0. The van der Waals surface area contributed by atoms with Gasteiger partial charge in [-0.3, -0.25) is 9.68 Å².